The first-order chi connectivity index (χ1) is 14.1. The van der Waals surface area contributed by atoms with Gasteiger partial charge in [0.1, 0.15) is 5.92 Å². The lowest BCUT2D eigenvalue weighted by Crippen LogP contribution is -2.37. The lowest BCUT2D eigenvalue weighted by atomic mass is 9.90. The molecule has 5 nitrogen and oxygen atoms in total. The number of hydroxylamine groups is 1. The van der Waals surface area contributed by atoms with Crippen LogP contribution in [0.3, 0.4) is 0 Å². The number of halogens is 1. The van der Waals surface area contributed by atoms with Gasteiger partial charge in [0.15, 0.2) is 6.10 Å². The van der Waals surface area contributed by atoms with Crippen molar-refractivity contribution in [2.75, 3.05) is 9.96 Å². The van der Waals surface area contributed by atoms with E-state index in [0.29, 0.717) is 10.7 Å². The number of benzene rings is 3. The molecule has 0 N–H and O–H groups in total. The Hall–Kier alpha value is -3.15. The molecule has 2 saturated heterocycles. The fraction of sp³-hybridized carbons (Fsp3) is 0.130. The summed E-state index contributed by atoms with van der Waals surface area (Å²) in [6.45, 7) is 0. The summed E-state index contributed by atoms with van der Waals surface area (Å²) >= 11 is 6.06. The van der Waals surface area contributed by atoms with Gasteiger partial charge in [-0.2, -0.15) is 0 Å². The molecule has 5 rings (SSSR count). The normalized spacial score (nSPS) is 23.6. The van der Waals surface area contributed by atoms with Crippen molar-refractivity contribution < 1.29 is 14.4 Å². The summed E-state index contributed by atoms with van der Waals surface area (Å²) in [5.41, 5.74) is 2.21. The molecular weight excluding hydrogens is 388 g/mol. The first kappa shape index (κ1) is 17.9. The number of hydrogen-bond acceptors (Lipinski definition) is 4. The zero-order valence-corrected chi connectivity index (χ0v) is 16.1. The largest absolute Gasteiger partial charge is 0.273 e. The first-order valence-corrected chi connectivity index (χ1v) is 9.72. The van der Waals surface area contributed by atoms with Gasteiger partial charge in [-0.3, -0.25) is 14.4 Å². The summed E-state index contributed by atoms with van der Waals surface area (Å²) in [4.78, 5) is 33.9. The van der Waals surface area contributed by atoms with E-state index < -0.39 is 18.1 Å². The molecule has 2 aliphatic heterocycles. The SMILES string of the molecule is O=C1[C@H]2[C@H](ON(c3ccccc3)[C@@H]2c2ccc(Cl)cc2)C(=O)N1c1ccccc1. The van der Waals surface area contributed by atoms with Gasteiger partial charge < -0.3 is 0 Å². The minimum atomic E-state index is -0.872. The van der Waals surface area contributed by atoms with Crippen molar-refractivity contribution in [3.05, 3.63) is 95.5 Å². The summed E-state index contributed by atoms with van der Waals surface area (Å²) in [6, 6.07) is 25.3. The molecule has 0 saturated carbocycles. The van der Waals surface area contributed by atoms with E-state index in [1.54, 1.807) is 41.5 Å². The van der Waals surface area contributed by atoms with Gasteiger partial charge in [0.2, 0.25) is 5.91 Å². The van der Waals surface area contributed by atoms with Gasteiger partial charge in [0.25, 0.3) is 5.91 Å². The highest BCUT2D eigenvalue weighted by molar-refractivity contribution is 6.30. The molecule has 0 aliphatic carbocycles. The minimum absolute atomic E-state index is 0.260. The van der Waals surface area contributed by atoms with E-state index >= 15 is 0 Å². The number of amides is 2. The second-order valence-corrected chi connectivity index (χ2v) is 7.49. The van der Waals surface area contributed by atoms with Gasteiger partial charge >= 0.3 is 0 Å². The number of carbonyl (C=O) groups is 2. The quantitative estimate of drug-likeness (QED) is 0.607. The molecule has 0 bridgehead atoms. The van der Waals surface area contributed by atoms with Gasteiger partial charge in [-0.25, -0.2) is 9.96 Å². The van der Waals surface area contributed by atoms with Crippen molar-refractivity contribution in [2.24, 2.45) is 5.92 Å². The number of nitrogens with zero attached hydrogens (tertiary/aromatic N) is 2. The molecule has 2 amide bonds. The molecule has 0 unspecified atom stereocenters. The molecule has 3 atom stereocenters. The molecule has 0 aromatic heterocycles. The highest BCUT2D eigenvalue weighted by atomic mass is 35.5. The monoisotopic (exact) mass is 404 g/mol. The molecule has 2 fully saturated rings. The van der Waals surface area contributed by atoms with Crippen LogP contribution in [0.4, 0.5) is 11.4 Å². The Bertz CT molecular complexity index is 1060. The van der Waals surface area contributed by atoms with E-state index in [1.807, 2.05) is 48.5 Å². The Morgan fingerprint density at radius 1 is 0.724 bits per heavy atom. The van der Waals surface area contributed by atoms with Crippen LogP contribution in [0.5, 0.6) is 0 Å². The van der Waals surface area contributed by atoms with Gasteiger partial charge in [-0.05, 0) is 42.0 Å². The maximum atomic E-state index is 13.4. The molecule has 0 radical (unpaired) electrons. The van der Waals surface area contributed by atoms with Crippen molar-refractivity contribution >= 4 is 34.8 Å². The van der Waals surface area contributed by atoms with Gasteiger partial charge in [0.05, 0.1) is 17.4 Å². The van der Waals surface area contributed by atoms with Crippen LogP contribution in [0.15, 0.2) is 84.9 Å². The summed E-state index contributed by atoms with van der Waals surface area (Å²) in [7, 11) is 0. The van der Waals surface area contributed by atoms with Crippen LogP contribution < -0.4 is 9.96 Å². The van der Waals surface area contributed by atoms with E-state index in [2.05, 4.69) is 0 Å². The van der Waals surface area contributed by atoms with Crippen molar-refractivity contribution in [1.82, 2.24) is 0 Å². The molecule has 3 aromatic carbocycles. The Morgan fingerprint density at radius 2 is 1.31 bits per heavy atom. The minimum Gasteiger partial charge on any atom is -0.273 e. The van der Waals surface area contributed by atoms with E-state index in [0.717, 1.165) is 11.3 Å². The summed E-state index contributed by atoms with van der Waals surface area (Å²) < 4.78 is 0. The predicted octanol–water partition coefficient (Wildman–Crippen LogP) is 4.39. The van der Waals surface area contributed by atoms with Crippen LogP contribution >= 0.6 is 11.6 Å². The average molecular weight is 405 g/mol. The van der Waals surface area contributed by atoms with Crippen LogP contribution in [0.2, 0.25) is 5.02 Å². The van der Waals surface area contributed by atoms with Crippen LogP contribution in [0.1, 0.15) is 11.6 Å². The number of imide groups is 1. The van der Waals surface area contributed by atoms with E-state index in [9.17, 15) is 9.59 Å². The van der Waals surface area contributed by atoms with Crippen molar-refractivity contribution in [3.8, 4) is 0 Å². The van der Waals surface area contributed by atoms with Gasteiger partial charge in [0, 0.05) is 5.02 Å². The second kappa shape index (κ2) is 7.03. The van der Waals surface area contributed by atoms with Crippen LogP contribution in [-0.2, 0) is 14.4 Å². The van der Waals surface area contributed by atoms with Crippen LogP contribution in [0.25, 0.3) is 0 Å². The fourth-order valence-corrected chi connectivity index (χ4v) is 4.17. The summed E-state index contributed by atoms with van der Waals surface area (Å²) in [5.74, 6) is -1.25. The molecule has 2 heterocycles. The highest BCUT2D eigenvalue weighted by Crippen LogP contribution is 2.47. The van der Waals surface area contributed by atoms with Crippen molar-refractivity contribution in [3.63, 3.8) is 0 Å². The van der Waals surface area contributed by atoms with Crippen molar-refractivity contribution in [1.29, 1.82) is 0 Å². The third-order valence-corrected chi connectivity index (χ3v) is 5.60. The number of anilines is 2. The molecule has 29 heavy (non-hydrogen) atoms. The number of rotatable bonds is 3. The molecule has 6 heteroatoms. The maximum absolute atomic E-state index is 13.4. The topological polar surface area (TPSA) is 49.9 Å². The number of para-hydroxylation sites is 2. The summed E-state index contributed by atoms with van der Waals surface area (Å²) in [5, 5.41) is 2.28. The first-order valence-electron chi connectivity index (χ1n) is 9.34. The molecule has 2 aliphatic rings. The van der Waals surface area contributed by atoms with E-state index in [-0.39, 0.29) is 11.8 Å². The van der Waals surface area contributed by atoms with Gasteiger partial charge in [-0.1, -0.05) is 60.1 Å². The Balaban J connectivity index is 1.59. The summed E-state index contributed by atoms with van der Waals surface area (Å²) in [6.07, 6.45) is -0.872. The van der Waals surface area contributed by atoms with Gasteiger partial charge in [-0.15, -0.1) is 0 Å². The lowest BCUT2D eigenvalue weighted by Gasteiger charge is -2.28. The van der Waals surface area contributed by atoms with E-state index in [1.165, 1.54) is 4.90 Å². The molecular formula is C23H17ClN2O3. The Kier molecular flexibility index (Phi) is 4.34. The third-order valence-electron chi connectivity index (χ3n) is 5.35. The lowest BCUT2D eigenvalue weighted by molar-refractivity contribution is -0.126. The average Bonchev–Trinajstić information content (AvgIpc) is 3.26. The zero-order valence-electron chi connectivity index (χ0n) is 15.3. The van der Waals surface area contributed by atoms with E-state index in [4.69, 9.17) is 16.4 Å². The number of fused-ring (bicyclic) bond motifs is 1. The zero-order chi connectivity index (χ0) is 20.0. The molecule has 144 valence electrons. The Labute approximate surface area is 173 Å². The third kappa shape index (κ3) is 2.90. The molecule has 0 spiro atoms. The number of hydrogen-bond donors (Lipinski definition) is 0. The molecule has 3 aromatic rings. The van der Waals surface area contributed by atoms with Crippen LogP contribution in [-0.4, -0.2) is 17.9 Å². The smallest absolute Gasteiger partial charge is 0.266 e. The number of carbonyl (C=O) groups excluding carboxylic acids is 2. The van der Waals surface area contributed by atoms with Crippen molar-refractivity contribution in [2.45, 2.75) is 12.1 Å². The van der Waals surface area contributed by atoms with Crippen LogP contribution in [0, 0.1) is 5.92 Å². The highest BCUT2D eigenvalue weighted by Gasteiger charge is 2.60. The maximum Gasteiger partial charge on any atom is 0.266 e. The second-order valence-electron chi connectivity index (χ2n) is 7.06. The predicted molar refractivity (Wildman–Crippen MR) is 110 cm³/mol. The Morgan fingerprint density at radius 3 is 1.93 bits per heavy atom. The fourth-order valence-electron chi connectivity index (χ4n) is 4.04. The standard InChI is InChI=1S/C23H17ClN2O3/c24-16-13-11-15(12-14-16)20-19-21(29-26(20)18-9-5-2-6-10-18)23(28)25(22(19)27)17-7-3-1-4-8-17/h1-14,19-21H/t19-,20-,21+/m1/s1.